The van der Waals surface area contributed by atoms with Crippen molar-refractivity contribution < 1.29 is 24.2 Å². The molecule has 0 aliphatic carbocycles. The van der Waals surface area contributed by atoms with Crippen LogP contribution in [0.1, 0.15) is 25.8 Å². The molecule has 122 valence electrons. The predicted molar refractivity (Wildman–Crippen MR) is 85.4 cm³/mol. The van der Waals surface area contributed by atoms with Gasteiger partial charge in [-0.1, -0.05) is 15.9 Å². The molecule has 7 heteroatoms. The summed E-state index contributed by atoms with van der Waals surface area (Å²) in [5.41, 5.74) is 0.750. The zero-order valence-electron chi connectivity index (χ0n) is 12.6. The van der Waals surface area contributed by atoms with E-state index in [0.29, 0.717) is 24.7 Å². The van der Waals surface area contributed by atoms with Crippen LogP contribution in [0, 0.1) is 0 Å². The first-order valence-corrected chi connectivity index (χ1v) is 7.83. The highest BCUT2D eigenvalue weighted by Crippen LogP contribution is 2.34. The second kappa shape index (κ2) is 9.30. The van der Waals surface area contributed by atoms with Gasteiger partial charge < -0.3 is 19.9 Å². The Morgan fingerprint density at radius 3 is 2.32 bits per heavy atom. The molecular weight excluding hydrogens is 354 g/mol. The third kappa shape index (κ3) is 5.93. The Hall–Kier alpha value is -1.76. The van der Waals surface area contributed by atoms with Crippen LogP contribution in [-0.4, -0.2) is 36.7 Å². The minimum atomic E-state index is -0.943. The van der Waals surface area contributed by atoms with Gasteiger partial charge >= 0.3 is 5.97 Å². The molecule has 6 nitrogen and oxygen atoms in total. The molecule has 0 fully saturated rings. The van der Waals surface area contributed by atoms with Gasteiger partial charge in [-0.25, -0.2) is 0 Å². The maximum absolute atomic E-state index is 11.8. The Bertz CT molecular complexity index is 533. The van der Waals surface area contributed by atoms with E-state index in [1.807, 2.05) is 13.8 Å². The van der Waals surface area contributed by atoms with Crippen molar-refractivity contribution >= 4 is 27.8 Å². The van der Waals surface area contributed by atoms with Crippen molar-refractivity contribution in [3.8, 4) is 11.5 Å². The number of amides is 1. The van der Waals surface area contributed by atoms with E-state index in [0.717, 1.165) is 10.0 Å². The molecule has 1 rings (SSSR count). The van der Waals surface area contributed by atoms with Crippen molar-refractivity contribution in [1.29, 1.82) is 0 Å². The number of aliphatic carboxylic acids is 1. The van der Waals surface area contributed by atoms with Crippen LogP contribution in [0.4, 0.5) is 0 Å². The number of carboxylic acid groups (broad SMARTS) is 1. The summed E-state index contributed by atoms with van der Waals surface area (Å²) < 4.78 is 11.8. The molecule has 1 aromatic carbocycles. The number of nitrogens with one attached hydrogen (secondary N) is 1. The molecule has 2 N–H and O–H groups in total. The molecule has 0 saturated heterocycles. The topological polar surface area (TPSA) is 84.9 Å². The molecule has 0 bridgehead atoms. The van der Waals surface area contributed by atoms with Crippen molar-refractivity contribution in [2.45, 2.75) is 26.7 Å². The van der Waals surface area contributed by atoms with Crippen molar-refractivity contribution in [1.82, 2.24) is 5.32 Å². The number of rotatable bonds is 9. The van der Waals surface area contributed by atoms with E-state index in [2.05, 4.69) is 21.2 Å². The van der Waals surface area contributed by atoms with Crippen LogP contribution in [0.2, 0.25) is 0 Å². The van der Waals surface area contributed by atoms with Gasteiger partial charge in [-0.15, -0.1) is 0 Å². The van der Waals surface area contributed by atoms with Gasteiger partial charge in [0, 0.05) is 11.0 Å². The van der Waals surface area contributed by atoms with Crippen LogP contribution in [0.15, 0.2) is 16.6 Å². The monoisotopic (exact) mass is 373 g/mol. The molecule has 0 aromatic heterocycles. The fourth-order valence-corrected chi connectivity index (χ4v) is 2.26. The van der Waals surface area contributed by atoms with Gasteiger partial charge in [0.15, 0.2) is 11.5 Å². The van der Waals surface area contributed by atoms with Crippen molar-refractivity contribution in [3.05, 3.63) is 22.2 Å². The normalized spacial score (nSPS) is 10.1. The van der Waals surface area contributed by atoms with Gasteiger partial charge in [-0.05, 0) is 31.5 Å². The number of halogens is 1. The lowest BCUT2D eigenvalue weighted by atomic mass is 10.1. The molecule has 0 radical (unpaired) electrons. The lowest BCUT2D eigenvalue weighted by Gasteiger charge is -2.14. The van der Waals surface area contributed by atoms with Gasteiger partial charge in [-0.3, -0.25) is 9.59 Å². The van der Waals surface area contributed by atoms with Crippen LogP contribution in [0.25, 0.3) is 0 Å². The summed E-state index contributed by atoms with van der Waals surface area (Å²) in [6.07, 6.45) is 0.0348. The van der Waals surface area contributed by atoms with Crippen molar-refractivity contribution in [3.63, 3.8) is 0 Å². The first-order valence-electron chi connectivity index (χ1n) is 7.04. The second-order valence-corrected chi connectivity index (χ2v) is 5.28. The van der Waals surface area contributed by atoms with Crippen LogP contribution >= 0.6 is 15.9 Å². The summed E-state index contributed by atoms with van der Waals surface area (Å²) >= 11 is 3.41. The Morgan fingerprint density at radius 2 is 1.77 bits per heavy atom. The molecule has 1 aromatic rings. The molecule has 0 saturated carbocycles. The zero-order chi connectivity index (χ0) is 16.5. The van der Waals surface area contributed by atoms with E-state index in [1.54, 1.807) is 12.1 Å². The third-order valence-corrected chi connectivity index (χ3v) is 3.46. The fraction of sp³-hybridized carbons (Fsp3) is 0.467. The van der Waals surface area contributed by atoms with Gasteiger partial charge in [0.1, 0.15) is 0 Å². The number of ether oxygens (including phenoxy) is 2. The third-order valence-electron chi connectivity index (χ3n) is 2.72. The van der Waals surface area contributed by atoms with Gasteiger partial charge in [0.2, 0.25) is 5.91 Å². The maximum atomic E-state index is 11.8. The van der Waals surface area contributed by atoms with E-state index in [4.69, 9.17) is 14.6 Å². The minimum Gasteiger partial charge on any atom is -0.490 e. The number of carbonyl (C=O) groups excluding carboxylic acids is 1. The van der Waals surface area contributed by atoms with E-state index in [9.17, 15) is 9.59 Å². The van der Waals surface area contributed by atoms with E-state index in [-0.39, 0.29) is 25.3 Å². The Morgan fingerprint density at radius 1 is 1.18 bits per heavy atom. The van der Waals surface area contributed by atoms with Crippen molar-refractivity contribution in [2.24, 2.45) is 0 Å². The molecule has 0 spiro atoms. The van der Waals surface area contributed by atoms with E-state index < -0.39 is 5.97 Å². The molecule has 0 aliphatic rings. The van der Waals surface area contributed by atoms with E-state index >= 15 is 0 Å². The molecule has 22 heavy (non-hydrogen) atoms. The Labute approximate surface area is 137 Å². The fourth-order valence-electron chi connectivity index (χ4n) is 1.79. The molecule has 0 aliphatic heterocycles. The van der Waals surface area contributed by atoms with Gasteiger partial charge in [-0.2, -0.15) is 0 Å². The smallest absolute Gasteiger partial charge is 0.305 e. The number of hydrogen-bond donors (Lipinski definition) is 2. The van der Waals surface area contributed by atoms with Crippen molar-refractivity contribution in [2.75, 3.05) is 19.8 Å². The number of hydrogen-bond acceptors (Lipinski definition) is 4. The standard InChI is InChI=1S/C15H20BrNO5/c1-3-21-12-7-10(11(16)9-13(12)22-4-2)8-14(18)17-6-5-15(19)20/h7,9H,3-6,8H2,1-2H3,(H,17,18)(H,19,20). The average molecular weight is 374 g/mol. The van der Waals surface area contributed by atoms with Crippen LogP contribution in [0.3, 0.4) is 0 Å². The number of carboxylic acids is 1. The molecule has 1 amide bonds. The molecule has 0 heterocycles. The highest BCUT2D eigenvalue weighted by atomic mass is 79.9. The Balaban J connectivity index is 2.79. The largest absolute Gasteiger partial charge is 0.490 e. The summed E-state index contributed by atoms with van der Waals surface area (Å²) in [7, 11) is 0. The second-order valence-electron chi connectivity index (χ2n) is 4.43. The number of carbonyl (C=O) groups is 2. The highest BCUT2D eigenvalue weighted by molar-refractivity contribution is 9.10. The minimum absolute atomic E-state index is 0.0968. The molecule has 0 atom stereocenters. The van der Waals surface area contributed by atoms with Crippen LogP contribution in [0.5, 0.6) is 11.5 Å². The van der Waals surface area contributed by atoms with Crippen LogP contribution < -0.4 is 14.8 Å². The highest BCUT2D eigenvalue weighted by Gasteiger charge is 2.13. The first kappa shape index (κ1) is 18.3. The number of benzene rings is 1. The predicted octanol–water partition coefficient (Wildman–Crippen LogP) is 2.38. The van der Waals surface area contributed by atoms with Gasteiger partial charge in [0.25, 0.3) is 0 Å². The van der Waals surface area contributed by atoms with Gasteiger partial charge in [0.05, 0.1) is 26.1 Å². The maximum Gasteiger partial charge on any atom is 0.305 e. The van der Waals surface area contributed by atoms with E-state index in [1.165, 1.54) is 0 Å². The summed E-state index contributed by atoms with van der Waals surface area (Å²) in [6, 6.07) is 3.53. The molecule has 0 unspecified atom stereocenters. The molecular formula is C15H20BrNO5. The van der Waals surface area contributed by atoms with Crippen LogP contribution in [-0.2, 0) is 16.0 Å². The average Bonchev–Trinajstić information content (AvgIpc) is 2.43. The lowest BCUT2D eigenvalue weighted by molar-refractivity contribution is -0.136. The summed E-state index contributed by atoms with van der Waals surface area (Å²) in [5, 5.41) is 11.1. The lowest BCUT2D eigenvalue weighted by Crippen LogP contribution is -2.27. The SMILES string of the molecule is CCOc1cc(Br)c(CC(=O)NCCC(=O)O)cc1OCC. The summed E-state index contributed by atoms with van der Waals surface area (Å²) in [6.45, 7) is 4.87. The summed E-state index contributed by atoms with van der Waals surface area (Å²) in [5.74, 6) is 0.0156. The zero-order valence-corrected chi connectivity index (χ0v) is 14.2. The first-order chi connectivity index (χ1) is 10.5. The summed E-state index contributed by atoms with van der Waals surface area (Å²) in [4.78, 5) is 22.2. The quantitative estimate of drug-likeness (QED) is 0.693. The Kier molecular flexibility index (Phi) is 7.73.